The second kappa shape index (κ2) is 11.4. The van der Waals surface area contributed by atoms with Crippen LogP contribution < -0.4 is 15.5 Å². The Kier molecular flexibility index (Phi) is 9.95. The lowest BCUT2D eigenvalue weighted by Crippen LogP contribution is -2.43. The highest BCUT2D eigenvalue weighted by Gasteiger charge is 2.14. The van der Waals surface area contributed by atoms with E-state index in [1.165, 1.54) is 28.1 Å². The van der Waals surface area contributed by atoms with Crippen molar-refractivity contribution in [2.75, 3.05) is 25.5 Å². The van der Waals surface area contributed by atoms with E-state index >= 15 is 0 Å². The van der Waals surface area contributed by atoms with Crippen molar-refractivity contribution in [1.29, 1.82) is 0 Å². The predicted molar refractivity (Wildman–Crippen MR) is 135 cm³/mol. The maximum absolute atomic E-state index is 4.84. The molecular weight excluding hydrogens is 475 g/mol. The summed E-state index contributed by atoms with van der Waals surface area (Å²) in [5.41, 5.74) is 7.34. The van der Waals surface area contributed by atoms with E-state index in [9.17, 15) is 0 Å². The topological polar surface area (TPSA) is 57.5 Å². The Hall–Kier alpha value is -1.77. The van der Waals surface area contributed by atoms with Gasteiger partial charge in [-0.2, -0.15) is 5.10 Å². The number of anilines is 1. The quantitative estimate of drug-likeness (QED) is 0.338. The summed E-state index contributed by atoms with van der Waals surface area (Å²) in [5, 5.41) is 11.4. The van der Waals surface area contributed by atoms with Crippen LogP contribution in [0.5, 0.6) is 0 Å². The van der Waals surface area contributed by atoms with E-state index in [0.717, 1.165) is 24.6 Å². The van der Waals surface area contributed by atoms with Crippen LogP contribution in [0.25, 0.3) is 0 Å². The number of hydrogen-bond acceptors (Lipinski definition) is 3. The fraction of sp³-hybridized carbons (Fsp3) is 0.545. The highest BCUT2D eigenvalue weighted by molar-refractivity contribution is 14.0. The third-order valence-electron chi connectivity index (χ3n) is 5.03. The van der Waals surface area contributed by atoms with E-state index in [0.29, 0.717) is 6.54 Å². The van der Waals surface area contributed by atoms with Gasteiger partial charge < -0.3 is 15.5 Å². The van der Waals surface area contributed by atoms with Crippen molar-refractivity contribution < 1.29 is 0 Å². The van der Waals surface area contributed by atoms with Crippen LogP contribution in [0.2, 0.25) is 0 Å². The van der Waals surface area contributed by atoms with Gasteiger partial charge in [0.1, 0.15) is 0 Å². The third-order valence-corrected chi connectivity index (χ3v) is 5.03. The third kappa shape index (κ3) is 6.90. The normalized spacial score (nSPS) is 12.3. The first kappa shape index (κ1) is 25.3. The summed E-state index contributed by atoms with van der Waals surface area (Å²) in [5.74, 6) is 0.847. The highest BCUT2D eigenvalue weighted by atomic mass is 127. The Morgan fingerprint density at radius 2 is 1.93 bits per heavy atom. The number of aryl methyl sites for hydroxylation is 3. The van der Waals surface area contributed by atoms with Gasteiger partial charge in [-0.05, 0) is 63.8 Å². The molecule has 0 saturated heterocycles. The van der Waals surface area contributed by atoms with Crippen LogP contribution in [-0.2, 0) is 20.0 Å². The number of halogens is 1. The molecular formula is C22H37IN6. The SMILES string of the molecule is CCNC(=NCc1ccc(C)cc1N(C)C)NC(C)Cc1c(C)nn(C)c1C.I. The van der Waals surface area contributed by atoms with Crippen LogP contribution in [0.1, 0.15) is 41.9 Å². The Bertz CT molecular complexity index is 825. The molecule has 0 bridgehead atoms. The largest absolute Gasteiger partial charge is 0.377 e. The van der Waals surface area contributed by atoms with Crippen molar-refractivity contribution in [2.45, 2.75) is 53.6 Å². The van der Waals surface area contributed by atoms with Crippen molar-refractivity contribution in [2.24, 2.45) is 12.0 Å². The first-order valence-corrected chi connectivity index (χ1v) is 10.0. The van der Waals surface area contributed by atoms with Gasteiger partial charge in [-0.3, -0.25) is 4.68 Å². The van der Waals surface area contributed by atoms with Gasteiger partial charge in [0, 0.05) is 45.1 Å². The van der Waals surface area contributed by atoms with Crippen LogP contribution >= 0.6 is 24.0 Å². The van der Waals surface area contributed by atoms with E-state index in [1.54, 1.807) is 0 Å². The molecule has 7 heteroatoms. The molecule has 0 saturated carbocycles. The number of nitrogens with zero attached hydrogens (tertiary/aromatic N) is 4. The molecule has 0 spiro atoms. The minimum atomic E-state index is 0. The zero-order valence-electron chi connectivity index (χ0n) is 19.1. The maximum Gasteiger partial charge on any atom is 0.191 e. The maximum atomic E-state index is 4.84. The van der Waals surface area contributed by atoms with E-state index in [4.69, 9.17) is 4.99 Å². The van der Waals surface area contributed by atoms with Crippen LogP contribution in [-0.4, -0.2) is 42.4 Å². The van der Waals surface area contributed by atoms with Gasteiger partial charge in [0.15, 0.2) is 5.96 Å². The van der Waals surface area contributed by atoms with Gasteiger partial charge in [0.2, 0.25) is 0 Å². The highest BCUT2D eigenvalue weighted by Crippen LogP contribution is 2.21. The standard InChI is InChI=1S/C22H36N6.HI/c1-9-23-22(24-14-19-11-10-15(2)12-21(19)27(6)7)25-16(3)13-20-17(4)26-28(8)18(20)5;/h10-12,16H,9,13-14H2,1-8H3,(H2,23,24,25);1H. The number of nitrogens with one attached hydrogen (secondary N) is 2. The molecule has 1 aromatic heterocycles. The Morgan fingerprint density at radius 1 is 1.24 bits per heavy atom. The average molecular weight is 512 g/mol. The minimum absolute atomic E-state index is 0. The van der Waals surface area contributed by atoms with Gasteiger partial charge in [0.25, 0.3) is 0 Å². The lowest BCUT2D eigenvalue weighted by Gasteiger charge is -2.20. The smallest absolute Gasteiger partial charge is 0.191 e. The first-order valence-electron chi connectivity index (χ1n) is 10.0. The van der Waals surface area contributed by atoms with Crippen molar-refractivity contribution in [3.05, 3.63) is 46.3 Å². The lowest BCUT2D eigenvalue weighted by molar-refractivity contribution is 0.635. The molecule has 0 radical (unpaired) electrons. The molecule has 29 heavy (non-hydrogen) atoms. The number of hydrogen-bond donors (Lipinski definition) is 2. The van der Waals surface area contributed by atoms with Crippen LogP contribution in [0.4, 0.5) is 5.69 Å². The zero-order valence-corrected chi connectivity index (χ0v) is 21.5. The van der Waals surface area contributed by atoms with E-state index in [-0.39, 0.29) is 30.0 Å². The van der Waals surface area contributed by atoms with Crippen LogP contribution in [0.15, 0.2) is 23.2 Å². The van der Waals surface area contributed by atoms with Crippen LogP contribution in [0, 0.1) is 20.8 Å². The molecule has 0 fully saturated rings. The average Bonchev–Trinajstić information content (AvgIpc) is 2.86. The molecule has 1 atom stereocenters. The fourth-order valence-electron chi connectivity index (χ4n) is 3.41. The van der Waals surface area contributed by atoms with Crippen molar-refractivity contribution >= 4 is 35.6 Å². The number of aromatic nitrogens is 2. The predicted octanol–water partition coefficient (Wildman–Crippen LogP) is 3.72. The second-order valence-electron chi connectivity index (χ2n) is 7.74. The summed E-state index contributed by atoms with van der Waals surface area (Å²) in [7, 11) is 6.15. The monoisotopic (exact) mass is 512 g/mol. The van der Waals surface area contributed by atoms with E-state index < -0.39 is 0 Å². The Morgan fingerprint density at radius 3 is 2.48 bits per heavy atom. The Balaban J connectivity index is 0.00000420. The summed E-state index contributed by atoms with van der Waals surface area (Å²) in [6, 6.07) is 6.78. The fourth-order valence-corrected chi connectivity index (χ4v) is 3.41. The van der Waals surface area contributed by atoms with Gasteiger partial charge in [-0.1, -0.05) is 12.1 Å². The van der Waals surface area contributed by atoms with E-state index in [1.807, 2.05) is 11.7 Å². The number of guanidine groups is 1. The molecule has 2 aromatic rings. The first-order chi connectivity index (χ1) is 13.2. The summed E-state index contributed by atoms with van der Waals surface area (Å²) in [6.45, 7) is 12.1. The number of benzene rings is 1. The van der Waals surface area contributed by atoms with Gasteiger partial charge >= 0.3 is 0 Å². The lowest BCUT2D eigenvalue weighted by atomic mass is 10.1. The van der Waals surface area contributed by atoms with Crippen molar-refractivity contribution in [3.63, 3.8) is 0 Å². The van der Waals surface area contributed by atoms with Crippen molar-refractivity contribution in [3.8, 4) is 0 Å². The van der Waals surface area contributed by atoms with Crippen LogP contribution in [0.3, 0.4) is 0 Å². The molecule has 0 aliphatic carbocycles. The van der Waals surface area contributed by atoms with Gasteiger partial charge in [0.05, 0.1) is 12.2 Å². The molecule has 0 aliphatic heterocycles. The zero-order chi connectivity index (χ0) is 20.8. The molecule has 1 unspecified atom stereocenters. The molecule has 162 valence electrons. The summed E-state index contributed by atoms with van der Waals surface area (Å²) >= 11 is 0. The summed E-state index contributed by atoms with van der Waals surface area (Å²) in [4.78, 5) is 6.98. The second-order valence-corrected chi connectivity index (χ2v) is 7.74. The molecule has 2 rings (SSSR count). The molecule has 1 aromatic carbocycles. The van der Waals surface area contributed by atoms with E-state index in [2.05, 4.69) is 87.5 Å². The molecule has 2 N–H and O–H groups in total. The number of rotatable bonds is 7. The van der Waals surface area contributed by atoms with Gasteiger partial charge in [-0.15, -0.1) is 24.0 Å². The molecule has 6 nitrogen and oxygen atoms in total. The van der Waals surface area contributed by atoms with Crippen molar-refractivity contribution in [1.82, 2.24) is 20.4 Å². The molecule has 0 aliphatic rings. The summed E-state index contributed by atoms with van der Waals surface area (Å²) in [6.07, 6.45) is 0.920. The minimum Gasteiger partial charge on any atom is -0.377 e. The molecule has 1 heterocycles. The molecule has 0 amide bonds. The Labute approximate surface area is 193 Å². The van der Waals surface area contributed by atoms with Gasteiger partial charge in [-0.25, -0.2) is 4.99 Å². The summed E-state index contributed by atoms with van der Waals surface area (Å²) < 4.78 is 1.96. The number of aliphatic imine (C=N–C) groups is 1.